The van der Waals surface area contributed by atoms with Crippen LogP contribution in [-0.4, -0.2) is 29.9 Å². The van der Waals surface area contributed by atoms with Crippen molar-refractivity contribution in [2.75, 3.05) is 13.1 Å². The third kappa shape index (κ3) is 3.54. The van der Waals surface area contributed by atoms with E-state index in [-0.39, 0.29) is 18.4 Å². The number of carbonyl (C=O) groups excluding carboxylic acids is 1. The van der Waals surface area contributed by atoms with Gasteiger partial charge >= 0.3 is 0 Å². The highest BCUT2D eigenvalue weighted by atomic mass is 19.2. The van der Waals surface area contributed by atoms with Gasteiger partial charge in [-0.1, -0.05) is 6.07 Å². The number of amides is 1. The summed E-state index contributed by atoms with van der Waals surface area (Å²) in [5.41, 5.74) is 6.01. The Morgan fingerprint density at radius 1 is 1.35 bits per heavy atom. The summed E-state index contributed by atoms with van der Waals surface area (Å²) >= 11 is 0. The topological polar surface area (TPSA) is 46.3 Å². The molecule has 2 rings (SSSR count). The van der Waals surface area contributed by atoms with Crippen LogP contribution in [0.25, 0.3) is 0 Å². The van der Waals surface area contributed by atoms with Crippen LogP contribution in [0.1, 0.15) is 31.2 Å². The zero-order valence-corrected chi connectivity index (χ0v) is 11.4. The zero-order valence-electron chi connectivity index (χ0n) is 11.4. The average Bonchev–Trinajstić information content (AvgIpc) is 2.89. The maximum atomic E-state index is 13.1. The first-order valence-corrected chi connectivity index (χ1v) is 7.05. The molecule has 0 spiro atoms. The maximum Gasteiger partial charge on any atom is 0.227 e. The lowest BCUT2D eigenvalue weighted by atomic mass is 10.1. The molecule has 0 bridgehead atoms. The van der Waals surface area contributed by atoms with Crippen LogP contribution in [-0.2, 0) is 11.2 Å². The molecule has 5 heteroatoms. The highest BCUT2D eigenvalue weighted by Gasteiger charge is 2.27. The lowest BCUT2D eigenvalue weighted by Crippen LogP contribution is -2.36. The van der Waals surface area contributed by atoms with Crippen molar-refractivity contribution in [1.82, 2.24) is 4.90 Å². The Kier molecular flexibility index (Phi) is 5.06. The second-order valence-corrected chi connectivity index (χ2v) is 5.24. The van der Waals surface area contributed by atoms with Gasteiger partial charge in [-0.3, -0.25) is 4.79 Å². The van der Waals surface area contributed by atoms with Crippen LogP contribution < -0.4 is 5.73 Å². The smallest absolute Gasteiger partial charge is 0.227 e. The largest absolute Gasteiger partial charge is 0.339 e. The highest BCUT2D eigenvalue weighted by Crippen LogP contribution is 2.22. The number of hydrogen-bond donors (Lipinski definition) is 1. The molecule has 1 amide bonds. The fraction of sp³-hybridized carbons (Fsp3) is 0.533. The minimum absolute atomic E-state index is 0.0180. The molecule has 3 nitrogen and oxygen atoms in total. The van der Waals surface area contributed by atoms with Gasteiger partial charge in [0.05, 0.1) is 6.42 Å². The number of likely N-dealkylation sites (tertiary alicyclic amines) is 1. The Labute approximate surface area is 117 Å². The number of halogens is 2. The van der Waals surface area contributed by atoms with Crippen LogP contribution in [0.4, 0.5) is 8.78 Å². The van der Waals surface area contributed by atoms with E-state index in [2.05, 4.69) is 0 Å². The second kappa shape index (κ2) is 6.79. The summed E-state index contributed by atoms with van der Waals surface area (Å²) in [7, 11) is 0. The number of nitrogens with two attached hydrogens (primary N) is 1. The Balaban J connectivity index is 1.98. The van der Waals surface area contributed by atoms with Gasteiger partial charge in [0.25, 0.3) is 0 Å². The average molecular weight is 282 g/mol. The van der Waals surface area contributed by atoms with Gasteiger partial charge in [0.15, 0.2) is 11.6 Å². The lowest BCUT2D eigenvalue weighted by Gasteiger charge is -2.24. The van der Waals surface area contributed by atoms with E-state index >= 15 is 0 Å². The van der Waals surface area contributed by atoms with E-state index in [1.807, 2.05) is 4.90 Å². The van der Waals surface area contributed by atoms with E-state index in [0.717, 1.165) is 44.4 Å². The molecule has 1 aliphatic rings. The molecule has 0 radical (unpaired) electrons. The van der Waals surface area contributed by atoms with Crippen LogP contribution in [0.5, 0.6) is 0 Å². The molecular weight excluding hydrogens is 262 g/mol. The summed E-state index contributed by atoms with van der Waals surface area (Å²) in [5.74, 6) is -1.81. The second-order valence-electron chi connectivity index (χ2n) is 5.24. The lowest BCUT2D eigenvalue weighted by molar-refractivity contribution is -0.131. The summed E-state index contributed by atoms with van der Waals surface area (Å²) in [6, 6.07) is 3.86. The third-order valence-electron chi connectivity index (χ3n) is 3.78. The highest BCUT2D eigenvalue weighted by molar-refractivity contribution is 5.79. The van der Waals surface area contributed by atoms with E-state index in [4.69, 9.17) is 5.73 Å². The van der Waals surface area contributed by atoms with Gasteiger partial charge in [0, 0.05) is 12.6 Å². The van der Waals surface area contributed by atoms with Crippen molar-refractivity contribution in [1.29, 1.82) is 0 Å². The van der Waals surface area contributed by atoms with Gasteiger partial charge in [0.2, 0.25) is 5.91 Å². The van der Waals surface area contributed by atoms with Crippen molar-refractivity contribution >= 4 is 5.91 Å². The SMILES string of the molecule is NCCCC1CCCN1C(=O)Cc1ccc(F)c(F)c1. The van der Waals surface area contributed by atoms with Crippen LogP contribution in [0.3, 0.4) is 0 Å². The van der Waals surface area contributed by atoms with Gasteiger partial charge in [-0.25, -0.2) is 8.78 Å². The van der Waals surface area contributed by atoms with Gasteiger partial charge in [0.1, 0.15) is 0 Å². The van der Waals surface area contributed by atoms with Gasteiger partial charge < -0.3 is 10.6 Å². The maximum absolute atomic E-state index is 13.1. The molecule has 1 heterocycles. The van der Waals surface area contributed by atoms with E-state index < -0.39 is 11.6 Å². The van der Waals surface area contributed by atoms with Crippen molar-refractivity contribution in [3.63, 3.8) is 0 Å². The van der Waals surface area contributed by atoms with Crippen molar-refractivity contribution in [3.8, 4) is 0 Å². The monoisotopic (exact) mass is 282 g/mol. The molecule has 1 aliphatic heterocycles. The molecule has 1 aromatic rings. The fourth-order valence-electron chi connectivity index (χ4n) is 2.74. The number of hydrogen-bond acceptors (Lipinski definition) is 2. The zero-order chi connectivity index (χ0) is 14.5. The Morgan fingerprint density at radius 3 is 2.85 bits per heavy atom. The summed E-state index contributed by atoms with van der Waals surface area (Å²) in [6.07, 6.45) is 3.94. The fourth-order valence-corrected chi connectivity index (χ4v) is 2.74. The predicted octanol–water partition coefficient (Wildman–Crippen LogP) is 2.24. The van der Waals surface area contributed by atoms with E-state index in [9.17, 15) is 13.6 Å². The molecule has 1 unspecified atom stereocenters. The van der Waals surface area contributed by atoms with Crippen molar-refractivity contribution in [2.24, 2.45) is 5.73 Å². The predicted molar refractivity (Wildman–Crippen MR) is 73.1 cm³/mol. The van der Waals surface area contributed by atoms with Crippen molar-refractivity contribution < 1.29 is 13.6 Å². The third-order valence-corrected chi connectivity index (χ3v) is 3.78. The molecule has 1 saturated heterocycles. The Bertz CT molecular complexity index is 479. The standard InChI is InChI=1S/C15H20F2N2O/c16-13-6-5-11(9-14(13)17)10-15(20)19-8-2-4-12(19)3-1-7-18/h5-6,9,12H,1-4,7-8,10,18H2. The normalized spacial score (nSPS) is 18.6. The molecule has 0 aromatic heterocycles. The van der Waals surface area contributed by atoms with E-state index in [0.29, 0.717) is 12.1 Å². The number of carbonyl (C=O) groups is 1. The molecule has 1 aromatic carbocycles. The van der Waals surface area contributed by atoms with Gasteiger partial charge in [-0.2, -0.15) is 0 Å². The summed E-state index contributed by atoms with van der Waals surface area (Å²) < 4.78 is 26.0. The van der Waals surface area contributed by atoms with Crippen LogP contribution in [0.15, 0.2) is 18.2 Å². The summed E-state index contributed by atoms with van der Waals surface area (Å²) in [5, 5.41) is 0. The number of benzene rings is 1. The molecule has 1 atom stereocenters. The quantitative estimate of drug-likeness (QED) is 0.900. The molecule has 110 valence electrons. The number of rotatable bonds is 5. The van der Waals surface area contributed by atoms with Crippen LogP contribution >= 0.6 is 0 Å². The van der Waals surface area contributed by atoms with Crippen LogP contribution in [0, 0.1) is 11.6 Å². The first-order valence-electron chi connectivity index (χ1n) is 7.05. The van der Waals surface area contributed by atoms with E-state index in [1.54, 1.807) is 0 Å². The Hall–Kier alpha value is -1.49. The van der Waals surface area contributed by atoms with Gasteiger partial charge in [-0.05, 0) is 49.9 Å². The van der Waals surface area contributed by atoms with E-state index in [1.165, 1.54) is 6.07 Å². The minimum Gasteiger partial charge on any atom is -0.339 e. The summed E-state index contributed by atoms with van der Waals surface area (Å²) in [4.78, 5) is 14.1. The molecular formula is C15H20F2N2O. The van der Waals surface area contributed by atoms with Crippen molar-refractivity contribution in [3.05, 3.63) is 35.4 Å². The first-order chi connectivity index (χ1) is 9.61. The van der Waals surface area contributed by atoms with Crippen molar-refractivity contribution in [2.45, 2.75) is 38.1 Å². The first kappa shape index (κ1) is 14.9. The van der Waals surface area contributed by atoms with Gasteiger partial charge in [-0.15, -0.1) is 0 Å². The Morgan fingerprint density at radius 2 is 2.15 bits per heavy atom. The molecule has 0 aliphatic carbocycles. The molecule has 2 N–H and O–H groups in total. The number of nitrogens with zero attached hydrogens (tertiary/aromatic N) is 1. The summed E-state index contributed by atoms with van der Waals surface area (Å²) in [6.45, 7) is 1.37. The van der Waals surface area contributed by atoms with Crippen LogP contribution in [0.2, 0.25) is 0 Å². The molecule has 1 fully saturated rings. The minimum atomic E-state index is -0.906. The molecule has 20 heavy (non-hydrogen) atoms. The molecule has 0 saturated carbocycles.